The Bertz CT molecular complexity index is 350. The van der Waals surface area contributed by atoms with Crippen LogP contribution >= 0.6 is 0 Å². The molecule has 17 heavy (non-hydrogen) atoms. The highest BCUT2D eigenvalue weighted by atomic mass is 16.3. The minimum atomic E-state index is -0.771. The van der Waals surface area contributed by atoms with Gasteiger partial charge in [-0.3, -0.25) is 4.90 Å². The summed E-state index contributed by atoms with van der Waals surface area (Å²) in [6.45, 7) is 7.81. The first-order chi connectivity index (χ1) is 8.09. The standard InChI is InChI=1S/C14H22N2O/c1-12-10-15-8-9-16(12)11-14(2,17)13-6-4-3-5-7-13/h3-7,12,15,17H,8-11H2,1-2H3/t12-,14?/m1/s1. The predicted octanol–water partition coefficient (Wildman–Crippen LogP) is 1.19. The lowest BCUT2D eigenvalue weighted by molar-refractivity contribution is -0.00108. The molecule has 0 bridgehead atoms. The largest absolute Gasteiger partial charge is 0.384 e. The van der Waals surface area contributed by atoms with Crippen LogP contribution in [-0.2, 0) is 5.60 Å². The van der Waals surface area contributed by atoms with E-state index in [1.165, 1.54) is 0 Å². The number of benzene rings is 1. The van der Waals surface area contributed by atoms with E-state index >= 15 is 0 Å². The summed E-state index contributed by atoms with van der Waals surface area (Å²) in [5.74, 6) is 0. The maximum absolute atomic E-state index is 10.6. The minimum Gasteiger partial charge on any atom is -0.384 e. The summed E-state index contributed by atoms with van der Waals surface area (Å²) in [5.41, 5.74) is 0.220. The fourth-order valence-electron chi connectivity index (χ4n) is 2.40. The van der Waals surface area contributed by atoms with E-state index in [9.17, 15) is 5.11 Å². The van der Waals surface area contributed by atoms with E-state index in [1.807, 2.05) is 37.3 Å². The molecule has 2 N–H and O–H groups in total. The molecule has 2 rings (SSSR count). The monoisotopic (exact) mass is 234 g/mol. The molecule has 1 aliphatic heterocycles. The Morgan fingerprint density at radius 3 is 2.76 bits per heavy atom. The molecule has 1 aromatic rings. The second-order valence-electron chi connectivity index (χ2n) is 5.16. The average Bonchev–Trinajstić information content (AvgIpc) is 2.33. The number of β-amino-alcohol motifs (C(OH)–C–C–N with tert-alkyl or cyclic N) is 1. The van der Waals surface area contributed by atoms with Crippen LogP contribution in [0.4, 0.5) is 0 Å². The van der Waals surface area contributed by atoms with Gasteiger partial charge < -0.3 is 10.4 Å². The molecular formula is C14H22N2O. The Morgan fingerprint density at radius 1 is 1.41 bits per heavy atom. The number of hydrogen-bond acceptors (Lipinski definition) is 3. The highest BCUT2D eigenvalue weighted by Gasteiger charge is 2.29. The number of rotatable bonds is 3. The van der Waals surface area contributed by atoms with Crippen molar-refractivity contribution >= 4 is 0 Å². The van der Waals surface area contributed by atoms with Crippen molar-refractivity contribution in [3.63, 3.8) is 0 Å². The molecule has 1 aromatic carbocycles. The second-order valence-corrected chi connectivity index (χ2v) is 5.16. The van der Waals surface area contributed by atoms with Crippen molar-refractivity contribution in [3.8, 4) is 0 Å². The van der Waals surface area contributed by atoms with Crippen LogP contribution in [0.15, 0.2) is 30.3 Å². The van der Waals surface area contributed by atoms with Gasteiger partial charge in [-0.15, -0.1) is 0 Å². The van der Waals surface area contributed by atoms with Crippen molar-refractivity contribution in [2.24, 2.45) is 0 Å². The first kappa shape index (κ1) is 12.6. The molecule has 0 saturated carbocycles. The summed E-state index contributed by atoms with van der Waals surface area (Å²) in [6.07, 6.45) is 0. The molecule has 0 radical (unpaired) electrons. The molecule has 0 aromatic heterocycles. The number of hydrogen-bond donors (Lipinski definition) is 2. The maximum Gasteiger partial charge on any atom is 0.0994 e. The van der Waals surface area contributed by atoms with E-state index in [-0.39, 0.29) is 0 Å². The lowest BCUT2D eigenvalue weighted by atomic mass is 9.94. The van der Waals surface area contributed by atoms with Gasteiger partial charge in [-0.05, 0) is 19.4 Å². The molecule has 3 heteroatoms. The minimum absolute atomic E-state index is 0.485. The lowest BCUT2D eigenvalue weighted by Gasteiger charge is -2.38. The molecule has 0 spiro atoms. The Balaban J connectivity index is 2.06. The fourth-order valence-corrected chi connectivity index (χ4v) is 2.40. The van der Waals surface area contributed by atoms with Gasteiger partial charge in [0.1, 0.15) is 0 Å². The van der Waals surface area contributed by atoms with E-state index in [0.29, 0.717) is 12.6 Å². The highest BCUT2D eigenvalue weighted by molar-refractivity contribution is 5.21. The van der Waals surface area contributed by atoms with Crippen LogP contribution in [0, 0.1) is 0 Å². The summed E-state index contributed by atoms with van der Waals surface area (Å²) in [4.78, 5) is 2.35. The lowest BCUT2D eigenvalue weighted by Crippen LogP contribution is -2.53. The molecule has 1 aliphatic rings. The third kappa shape index (κ3) is 3.06. The molecule has 1 unspecified atom stereocenters. The summed E-state index contributed by atoms with van der Waals surface area (Å²) in [6, 6.07) is 10.4. The Labute approximate surface area is 103 Å². The van der Waals surface area contributed by atoms with Crippen molar-refractivity contribution in [1.29, 1.82) is 0 Å². The number of nitrogens with one attached hydrogen (secondary N) is 1. The van der Waals surface area contributed by atoms with Crippen LogP contribution in [0.3, 0.4) is 0 Å². The van der Waals surface area contributed by atoms with Gasteiger partial charge in [-0.25, -0.2) is 0 Å². The smallest absolute Gasteiger partial charge is 0.0994 e. The van der Waals surface area contributed by atoms with Gasteiger partial charge in [0.15, 0.2) is 0 Å². The normalized spacial score (nSPS) is 25.5. The van der Waals surface area contributed by atoms with Gasteiger partial charge in [0.05, 0.1) is 5.60 Å². The Hall–Kier alpha value is -0.900. The third-order valence-electron chi connectivity index (χ3n) is 3.55. The van der Waals surface area contributed by atoms with Crippen LogP contribution < -0.4 is 5.32 Å². The van der Waals surface area contributed by atoms with Crippen molar-refractivity contribution < 1.29 is 5.11 Å². The predicted molar refractivity (Wildman–Crippen MR) is 69.9 cm³/mol. The average molecular weight is 234 g/mol. The van der Waals surface area contributed by atoms with Crippen LogP contribution in [0.25, 0.3) is 0 Å². The zero-order chi connectivity index (χ0) is 12.3. The number of aliphatic hydroxyl groups is 1. The third-order valence-corrected chi connectivity index (χ3v) is 3.55. The van der Waals surface area contributed by atoms with Crippen LogP contribution in [0.5, 0.6) is 0 Å². The molecule has 94 valence electrons. The van der Waals surface area contributed by atoms with Gasteiger partial charge in [0.25, 0.3) is 0 Å². The van der Waals surface area contributed by atoms with Crippen LogP contribution in [0.2, 0.25) is 0 Å². The zero-order valence-electron chi connectivity index (χ0n) is 10.7. The van der Waals surface area contributed by atoms with E-state index in [1.54, 1.807) is 0 Å². The molecule has 1 fully saturated rings. The SMILES string of the molecule is C[C@@H]1CNCCN1CC(C)(O)c1ccccc1. The van der Waals surface area contributed by atoms with Crippen molar-refractivity contribution in [3.05, 3.63) is 35.9 Å². The Morgan fingerprint density at radius 2 is 2.12 bits per heavy atom. The van der Waals surface area contributed by atoms with E-state index in [0.717, 1.165) is 25.2 Å². The van der Waals surface area contributed by atoms with Crippen molar-refractivity contribution in [1.82, 2.24) is 10.2 Å². The summed E-state index contributed by atoms with van der Waals surface area (Å²) >= 11 is 0. The molecule has 0 aliphatic carbocycles. The van der Waals surface area contributed by atoms with Gasteiger partial charge in [0.2, 0.25) is 0 Å². The van der Waals surface area contributed by atoms with E-state index < -0.39 is 5.60 Å². The number of nitrogens with zero attached hydrogens (tertiary/aromatic N) is 1. The summed E-state index contributed by atoms with van der Waals surface area (Å²) in [7, 11) is 0. The molecule has 3 nitrogen and oxygen atoms in total. The Kier molecular flexibility index (Phi) is 3.82. The van der Waals surface area contributed by atoms with Crippen molar-refractivity contribution in [2.75, 3.05) is 26.2 Å². The molecule has 1 saturated heterocycles. The van der Waals surface area contributed by atoms with Gasteiger partial charge >= 0.3 is 0 Å². The van der Waals surface area contributed by atoms with Crippen LogP contribution in [0.1, 0.15) is 19.4 Å². The van der Waals surface area contributed by atoms with Crippen LogP contribution in [-0.4, -0.2) is 42.2 Å². The first-order valence-corrected chi connectivity index (χ1v) is 6.32. The molecule has 2 atom stereocenters. The molecule has 0 amide bonds. The summed E-state index contributed by atoms with van der Waals surface area (Å²) in [5, 5.41) is 14.0. The van der Waals surface area contributed by atoms with Gasteiger partial charge in [-0.2, -0.15) is 0 Å². The second kappa shape index (κ2) is 5.17. The summed E-state index contributed by atoms with van der Waals surface area (Å²) < 4.78 is 0. The highest BCUT2D eigenvalue weighted by Crippen LogP contribution is 2.22. The van der Waals surface area contributed by atoms with E-state index in [4.69, 9.17) is 0 Å². The fraction of sp³-hybridized carbons (Fsp3) is 0.571. The van der Waals surface area contributed by atoms with Gasteiger partial charge in [-0.1, -0.05) is 30.3 Å². The van der Waals surface area contributed by atoms with E-state index in [2.05, 4.69) is 17.1 Å². The first-order valence-electron chi connectivity index (χ1n) is 6.32. The number of piperazine rings is 1. The quantitative estimate of drug-likeness (QED) is 0.824. The molecule has 1 heterocycles. The van der Waals surface area contributed by atoms with Gasteiger partial charge in [0, 0.05) is 32.2 Å². The topological polar surface area (TPSA) is 35.5 Å². The zero-order valence-corrected chi connectivity index (χ0v) is 10.7. The van der Waals surface area contributed by atoms with Crippen molar-refractivity contribution in [2.45, 2.75) is 25.5 Å². The molecular weight excluding hydrogens is 212 g/mol. The maximum atomic E-state index is 10.6.